The van der Waals surface area contributed by atoms with Crippen molar-refractivity contribution in [3.05, 3.63) is 29.3 Å². The molecule has 0 bridgehead atoms. The zero-order valence-corrected chi connectivity index (χ0v) is 7.82. The summed E-state index contributed by atoms with van der Waals surface area (Å²) in [5.74, 6) is 0.657. The van der Waals surface area contributed by atoms with Crippen LogP contribution in [-0.2, 0) is 11.3 Å². The summed E-state index contributed by atoms with van der Waals surface area (Å²) in [5, 5.41) is 2.51. The molecule has 0 aliphatic heterocycles. The van der Waals surface area contributed by atoms with E-state index in [4.69, 9.17) is 4.74 Å². The van der Waals surface area contributed by atoms with Gasteiger partial charge in [0.1, 0.15) is 12.0 Å². The molecule has 0 atom stereocenters. The Morgan fingerprint density at radius 3 is 2.79 bits per heavy atom. The summed E-state index contributed by atoms with van der Waals surface area (Å²) in [6.45, 7) is 0.356. The maximum Gasteiger partial charge on any atom is 0.207 e. The second-order valence-electron chi connectivity index (χ2n) is 2.69. The Morgan fingerprint density at radius 2 is 2.21 bits per heavy atom. The number of hydrogen-bond acceptors (Lipinski definition) is 3. The quantitative estimate of drug-likeness (QED) is 0.702. The van der Waals surface area contributed by atoms with Gasteiger partial charge in [0.15, 0.2) is 0 Å². The van der Waals surface area contributed by atoms with Gasteiger partial charge in [-0.25, -0.2) is 0 Å². The number of nitrogens with one attached hydrogen (secondary N) is 1. The normalized spacial score (nSPS) is 9.21. The van der Waals surface area contributed by atoms with Crippen molar-refractivity contribution >= 4 is 12.7 Å². The van der Waals surface area contributed by atoms with E-state index < -0.39 is 0 Å². The molecule has 0 radical (unpaired) electrons. The first kappa shape index (κ1) is 10.2. The van der Waals surface area contributed by atoms with Crippen LogP contribution in [0.1, 0.15) is 15.9 Å². The van der Waals surface area contributed by atoms with Crippen LogP contribution >= 0.6 is 0 Å². The first-order valence-corrected chi connectivity index (χ1v) is 4.11. The van der Waals surface area contributed by atoms with Crippen molar-refractivity contribution in [2.45, 2.75) is 6.54 Å². The van der Waals surface area contributed by atoms with Crippen LogP contribution in [0.25, 0.3) is 0 Å². The van der Waals surface area contributed by atoms with Crippen LogP contribution in [0, 0.1) is 0 Å². The Labute approximate surface area is 81.9 Å². The van der Waals surface area contributed by atoms with E-state index >= 15 is 0 Å². The highest BCUT2D eigenvalue weighted by atomic mass is 16.5. The molecule has 0 aromatic heterocycles. The molecule has 1 aromatic carbocycles. The lowest BCUT2D eigenvalue weighted by Gasteiger charge is -2.07. The molecule has 4 nitrogen and oxygen atoms in total. The van der Waals surface area contributed by atoms with Gasteiger partial charge in [-0.3, -0.25) is 9.59 Å². The van der Waals surface area contributed by atoms with Gasteiger partial charge in [-0.1, -0.05) is 0 Å². The summed E-state index contributed by atoms with van der Waals surface area (Å²) in [7, 11) is 1.54. The predicted molar refractivity (Wildman–Crippen MR) is 51.3 cm³/mol. The van der Waals surface area contributed by atoms with Gasteiger partial charge < -0.3 is 10.1 Å². The number of ether oxygens (including phenoxy) is 1. The molecule has 0 saturated heterocycles. The third-order valence-corrected chi connectivity index (χ3v) is 1.82. The molecule has 0 spiro atoms. The van der Waals surface area contributed by atoms with Gasteiger partial charge >= 0.3 is 0 Å². The molecule has 1 aromatic rings. The number of hydrogen-bond donors (Lipinski definition) is 1. The van der Waals surface area contributed by atoms with Gasteiger partial charge in [-0.2, -0.15) is 0 Å². The summed E-state index contributed by atoms with van der Waals surface area (Å²) in [4.78, 5) is 20.6. The molecule has 74 valence electrons. The van der Waals surface area contributed by atoms with E-state index in [0.717, 1.165) is 11.8 Å². The van der Waals surface area contributed by atoms with Gasteiger partial charge in [-0.15, -0.1) is 0 Å². The third-order valence-electron chi connectivity index (χ3n) is 1.82. The molecule has 1 amide bonds. The summed E-state index contributed by atoms with van der Waals surface area (Å²) in [6.07, 6.45) is 1.36. The topological polar surface area (TPSA) is 55.4 Å². The molecule has 1 N–H and O–H groups in total. The monoisotopic (exact) mass is 193 g/mol. The van der Waals surface area contributed by atoms with E-state index in [1.54, 1.807) is 25.3 Å². The molecule has 0 fully saturated rings. The first-order chi connectivity index (χ1) is 6.81. The number of aldehydes is 1. The Balaban J connectivity index is 2.95. The molecule has 0 saturated carbocycles. The van der Waals surface area contributed by atoms with Crippen LogP contribution in [0.5, 0.6) is 5.75 Å². The Morgan fingerprint density at radius 1 is 1.43 bits per heavy atom. The lowest BCUT2D eigenvalue weighted by atomic mass is 10.1. The molecule has 14 heavy (non-hydrogen) atoms. The smallest absolute Gasteiger partial charge is 0.207 e. The van der Waals surface area contributed by atoms with Crippen LogP contribution < -0.4 is 10.1 Å². The zero-order chi connectivity index (χ0) is 10.4. The fraction of sp³-hybridized carbons (Fsp3) is 0.200. The largest absolute Gasteiger partial charge is 0.496 e. The van der Waals surface area contributed by atoms with Crippen molar-refractivity contribution < 1.29 is 14.3 Å². The number of carbonyl (C=O) groups excluding carboxylic acids is 2. The number of methoxy groups -OCH3 is 1. The van der Waals surface area contributed by atoms with Crippen LogP contribution in [0.2, 0.25) is 0 Å². The number of carbonyl (C=O) groups is 2. The highest BCUT2D eigenvalue weighted by molar-refractivity contribution is 5.75. The standard InChI is InChI=1S/C10H11NO3/c1-14-10-3-2-8(6-12)4-9(10)5-11-7-13/h2-4,6-7H,5H2,1H3,(H,11,13). The van der Waals surface area contributed by atoms with E-state index in [9.17, 15) is 9.59 Å². The van der Waals surface area contributed by atoms with Crippen LogP contribution in [0.4, 0.5) is 0 Å². The van der Waals surface area contributed by atoms with Gasteiger partial charge in [0, 0.05) is 17.7 Å². The number of rotatable bonds is 5. The van der Waals surface area contributed by atoms with Crippen molar-refractivity contribution in [2.75, 3.05) is 7.11 Å². The van der Waals surface area contributed by atoms with Crippen LogP contribution in [0.15, 0.2) is 18.2 Å². The molecule has 0 aliphatic rings. The van der Waals surface area contributed by atoms with Gasteiger partial charge in [-0.05, 0) is 18.2 Å². The fourth-order valence-corrected chi connectivity index (χ4v) is 1.16. The van der Waals surface area contributed by atoms with Crippen molar-refractivity contribution in [1.82, 2.24) is 5.32 Å². The van der Waals surface area contributed by atoms with Crippen molar-refractivity contribution in [3.8, 4) is 5.75 Å². The summed E-state index contributed by atoms with van der Waals surface area (Å²) in [6, 6.07) is 5.05. The minimum Gasteiger partial charge on any atom is -0.496 e. The molecule has 0 heterocycles. The Bertz CT molecular complexity index is 336. The third kappa shape index (κ3) is 2.32. The SMILES string of the molecule is COc1ccc(C=O)cc1CNC=O. The van der Waals surface area contributed by atoms with Gasteiger partial charge in [0.2, 0.25) is 6.41 Å². The lowest BCUT2D eigenvalue weighted by molar-refractivity contribution is -0.109. The number of benzene rings is 1. The molecular weight excluding hydrogens is 182 g/mol. The van der Waals surface area contributed by atoms with Crippen molar-refractivity contribution in [2.24, 2.45) is 0 Å². The average molecular weight is 193 g/mol. The van der Waals surface area contributed by atoms with E-state index in [1.165, 1.54) is 0 Å². The van der Waals surface area contributed by atoms with Crippen LogP contribution in [0.3, 0.4) is 0 Å². The molecule has 1 rings (SSSR count). The summed E-state index contributed by atoms with van der Waals surface area (Å²) >= 11 is 0. The van der Waals surface area contributed by atoms with E-state index in [2.05, 4.69) is 5.32 Å². The second kappa shape index (κ2) is 5.01. The summed E-state index contributed by atoms with van der Waals surface area (Å²) in [5.41, 5.74) is 1.35. The highest BCUT2D eigenvalue weighted by Crippen LogP contribution is 2.18. The van der Waals surface area contributed by atoms with E-state index in [0.29, 0.717) is 24.3 Å². The molecular formula is C10H11NO3. The minimum atomic E-state index is 0.356. The molecule has 0 aliphatic carbocycles. The zero-order valence-electron chi connectivity index (χ0n) is 7.82. The maximum atomic E-state index is 10.5. The second-order valence-corrected chi connectivity index (χ2v) is 2.69. The predicted octanol–water partition coefficient (Wildman–Crippen LogP) is 0.754. The van der Waals surface area contributed by atoms with Gasteiger partial charge in [0.05, 0.1) is 7.11 Å². The lowest BCUT2D eigenvalue weighted by Crippen LogP contribution is -2.11. The minimum absolute atomic E-state index is 0.356. The van der Waals surface area contributed by atoms with E-state index in [1.807, 2.05) is 0 Å². The maximum absolute atomic E-state index is 10.5. The first-order valence-electron chi connectivity index (χ1n) is 4.11. The average Bonchev–Trinajstić information content (AvgIpc) is 2.25. The Hall–Kier alpha value is -1.84. The van der Waals surface area contributed by atoms with Crippen molar-refractivity contribution in [1.29, 1.82) is 0 Å². The van der Waals surface area contributed by atoms with Gasteiger partial charge in [0.25, 0.3) is 0 Å². The van der Waals surface area contributed by atoms with E-state index in [-0.39, 0.29) is 0 Å². The molecule has 0 unspecified atom stereocenters. The fourth-order valence-electron chi connectivity index (χ4n) is 1.16. The summed E-state index contributed by atoms with van der Waals surface area (Å²) < 4.78 is 5.07. The Kier molecular flexibility index (Phi) is 3.67. The highest BCUT2D eigenvalue weighted by Gasteiger charge is 2.03. The van der Waals surface area contributed by atoms with Crippen LogP contribution in [-0.4, -0.2) is 19.8 Å². The van der Waals surface area contributed by atoms with Crippen molar-refractivity contribution in [3.63, 3.8) is 0 Å². The molecule has 4 heteroatoms. The number of amides is 1.